The van der Waals surface area contributed by atoms with E-state index in [-0.39, 0.29) is 26.2 Å². The largest absolute Gasteiger partial charge is 1.00 e. The van der Waals surface area contributed by atoms with Crippen LogP contribution in [0, 0.1) is 0 Å². The molecule has 0 radical (unpaired) electrons. The number of rotatable bonds is 8. The van der Waals surface area contributed by atoms with Gasteiger partial charge < -0.3 is 0 Å². The van der Waals surface area contributed by atoms with Gasteiger partial charge in [0.1, 0.15) is 0 Å². The van der Waals surface area contributed by atoms with Gasteiger partial charge in [0.15, 0.2) is 0 Å². The Labute approximate surface area is 315 Å². The Bertz CT molecular complexity index is 1010. The van der Waals surface area contributed by atoms with E-state index in [0.29, 0.717) is 0 Å². The Morgan fingerprint density at radius 3 is 0.522 bits per heavy atom. The summed E-state index contributed by atoms with van der Waals surface area (Å²) in [5.74, 6) is 0. The van der Waals surface area contributed by atoms with Crippen molar-refractivity contribution in [2.75, 3.05) is 0 Å². The fourth-order valence-corrected chi connectivity index (χ4v) is 398. The molecular formula is C33H83LiSi12. The second kappa shape index (κ2) is 10.7. The van der Waals surface area contributed by atoms with Crippen molar-refractivity contribution in [3.8, 4) is 0 Å². The smallest absolute Gasteiger partial charge is 0.270 e. The molecule has 4 rings (SSSR count). The molecule has 4 aliphatic rings. The predicted molar refractivity (Wildman–Crippen MR) is 245 cm³/mol. The first-order chi connectivity index (χ1) is 19.3. The first-order valence-electron chi connectivity index (χ1n) is 19.2. The van der Waals surface area contributed by atoms with E-state index >= 15 is 0 Å². The van der Waals surface area contributed by atoms with Crippen LogP contribution in [-0.4, -0.2) is 92.8 Å². The summed E-state index contributed by atoms with van der Waals surface area (Å²) in [5.41, 5.74) is 0. The Balaban J connectivity index is 0.00000576. The van der Waals surface area contributed by atoms with E-state index in [0.717, 1.165) is 17.1 Å². The third kappa shape index (κ3) is 4.08. The van der Waals surface area contributed by atoms with Gasteiger partial charge >= 0.3 is 18.9 Å². The summed E-state index contributed by atoms with van der Waals surface area (Å²) in [6, 6.07) is 0. The van der Waals surface area contributed by atoms with Crippen LogP contribution < -0.4 is 18.9 Å². The topological polar surface area (TPSA) is 0 Å². The maximum Gasteiger partial charge on any atom is 1.00 e. The SMILES string of the molecule is C[Si](C)(C)C1([Si](C)(C)C)CCC([Si](C)(C)C)([Si](C)(C)C)[Si]12[Si-]1[Si]3(C([Si](C)(C)C)([Si](C)(C)C)CCC3([Si](C)(C)C)[Si](C)(C)C)[Si]12C.[Li+]. The number of hydrogen-bond acceptors (Lipinski definition) is 0. The number of fused-ring (bicyclic) bond motifs is 5. The fourth-order valence-electron chi connectivity index (χ4n) is 18.4. The summed E-state index contributed by atoms with van der Waals surface area (Å²) in [4.78, 5) is 0. The van der Waals surface area contributed by atoms with Crippen molar-refractivity contribution < 1.29 is 18.9 Å². The summed E-state index contributed by atoms with van der Waals surface area (Å²) in [6.45, 7) is 73.7. The van der Waals surface area contributed by atoms with Crippen molar-refractivity contribution in [2.24, 2.45) is 0 Å². The van der Waals surface area contributed by atoms with Crippen LogP contribution in [0.5, 0.6) is 0 Å². The molecule has 0 N–H and O–H groups in total. The summed E-state index contributed by atoms with van der Waals surface area (Å²) in [5, 5.41) is 0. The third-order valence-electron chi connectivity index (χ3n) is 17.2. The van der Waals surface area contributed by atoms with E-state index in [2.05, 4.69) is 164 Å². The van der Waals surface area contributed by atoms with Crippen LogP contribution in [-0.2, 0) is 0 Å². The Hall–Kier alpha value is 3.20. The van der Waals surface area contributed by atoms with Gasteiger partial charge in [-0.2, -0.15) is 6.63 Å². The van der Waals surface area contributed by atoms with Crippen LogP contribution >= 0.6 is 0 Å². The van der Waals surface area contributed by atoms with Crippen molar-refractivity contribution in [1.29, 1.82) is 0 Å². The minimum Gasteiger partial charge on any atom is -0.270 e. The Morgan fingerprint density at radius 1 is 0.326 bits per heavy atom. The molecule has 0 nitrogen and oxygen atoms in total. The molecule has 4 fully saturated rings. The molecular weight excluding hydrogens is 740 g/mol. The molecule has 0 amide bonds. The van der Waals surface area contributed by atoms with Crippen molar-refractivity contribution in [3.63, 3.8) is 0 Å². The minimum absolute atomic E-state index is 0. The first kappa shape index (κ1) is 43.6. The molecule has 0 saturated carbocycles. The van der Waals surface area contributed by atoms with Gasteiger partial charge in [0.05, 0.1) is 0 Å². The van der Waals surface area contributed by atoms with Gasteiger partial charge in [-0.1, -0.05) is 200 Å². The van der Waals surface area contributed by atoms with Gasteiger partial charge in [0.2, 0.25) is 0 Å². The number of hydrogen-bond donors (Lipinski definition) is 0. The standard InChI is InChI=1S/C33H83Si12.Li/c1-35(2,3)30(36(4,5)6)26-27-31(37(7,8)9,38(10,11)12)44(30)34-43(44,25)45(34)32(39(13,14)15,40(16,17)18)28-29-33(45,41(19,20)21)42(22,23)24;/h26-29H2,1-25H3;/q-1;+1. The molecule has 2 spiro atoms. The summed E-state index contributed by atoms with van der Waals surface area (Å²) in [6.07, 6.45) is 6.95. The van der Waals surface area contributed by atoms with Crippen molar-refractivity contribution in [2.45, 2.75) is 206 Å². The van der Waals surface area contributed by atoms with Crippen LogP contribution in [0.1, 0.15) is 25.7 Å². The Kier molecular flexibility index (Phi) is 10.1. The molecule has 4 saturated heterocycles. The molecule has 4 aliphatic heterocycles. The predicted octanol–water partition coefficient (Wildman–Crippen LogP) is 9.45. The zero-order valence-electron chi connectivity index (χ0n) is 36.8. The van der Waals surface area contributed by atoms with Crippen LogP contribution in [0.15, 0.2) is 0 Å². The van der Waals surface area contributed by atoms with E-state index in [9.17, 15) is 0 Å². The van der Waals surface area contributed by atoms with Crippen molar-refractivity contribution >= 4 is 92.8 Å². The maximum absolute atomic E-state index is 3.42. The van der Waals surface area contributed by atoms with Crippen LogP contribution in [0.2, 0.25) is 181 Å². The molecule has 0 aromatic carbocycles. The van der Waals surface area contributed by atoms with Gasteiger partial charge in [-0.05, 0) is 0 Å². The summed E-state index contributed by atoms with van der Waals surface area (Å²) in [7, 11) is -14.7. The zero-order chi connectivity index (χ0) is 35.9. The van der Waals surface area contributed by atoms with Crippen LogP contribution in [0.4, 0.5) is 0 Å². The normalized spacial score (nSPS) is 27.8. The second-order valence-corrected chi connectivity index (χ2v) is 118. The monoisotopic (exact) mass is 822 g/mol. The second-order valence-electron chi connectivity index (χ2n) is 25.6. The van der Waals surface area contributed by atoms with Crippen molar-refractivity contribution in [3.05, 3.63) is 0 Å². The van der Waals surface area contributed by atoms with Gasteiger partial charge in [0, 0.05) is 64.6 Å². The van der Waals surface area contributed by atoms with E-state index in [1.807, 2.05) is 0 Å². The molecule has 0 aromatic heterocycles. The van der Waals surface area contributed by atoms with Gasteiger partial charge in [0.25, 0.3) is 0 Å². The third-order valence-corrected chi connectivity index (χ3v) is 193. The van der Waals surface area contributed by atoms with Gasteiger partial charge in [-0.3, -0.25) is 7.35 Å². The fraction of sp³-hybridized carbons (Fsp3) is 1.00. The molecule has 46 heavy (non-hydrogen) atoms. The molecule has 0 atom stereocenters. The van der Waals surface area contributed by atoms with E-state index in [1.54, 1.807) is 25.7 Å². The van der Waals surface area contributed by atoms with E-state index < -0.39 is 85.4 Å². The van der Waals surface area contributed by atoms with Crippen LogP contribution in [0.3, 0.4) is 0 Å². The minimum atomic E-state index is -1.51. The summed E-state index contributed by atoms with van der Waals surface area (Å²) < 4.78 is 3.66. The Morgan fingerprint density at radius 2 is 0.435 bits per heavy atom. The molecule has 4 heterocycles. The molecule has 0 aromatic rings. The first-order valence-corrected chi connectivity index (χ1v) is 60.2. The average Bonchev–Trinajstić information content (AvgIpc) is 3.27. The average molecular weight is 824 g/mol. The van der Waals surface area contributed by atoms with Gasteiger partial charge in [-0.15, -0.1) is 20.8 Å². The van der Waals surface area contributed by atoms with Gasteiger partial charge in [-0.25, -0.2) is 0 Å². The van der Waals surface area contributed by atoms with E-state index in [4.69, 9.17) is 0 Å². The molecule has 0 unspecified atom stereocenters. The molecule has 264 valence electrons. The molecule has 0 aliphatic carbocycles. The zero-order valence-corrected chi connectivity index (χ0v) is 48.8. The quantitative estimate of drug-likeness (QED) is 0.214. The summed E-state index contributed by atoms with van der Waals surface area (Å²) >= 11 is 0. The maximum atomic E-state index is 3.42. The van der Waals surface area contributed by atoms with Crippen molar-refractivity contribution in [1.82, 2.24) is 0 Å². The molecule has 13 heteroatoms. The van der Waals surface area contributed by atoms with Crippen LogP contribution in [0.25, 0.3) is 0 Å². The van der Waals surface area contributed by atoms with E-state index in [1.165, 1.54) is 0 Å². The molecule has 0 bridgehead atoms.